The fourth-order valence-electron chi connectivity index (χ4n) is 2.65. The molecule has 1 aromatic carbocycles. The van der Waals surface area contributed by atoms with Gasteiger partial charge in [0.25, 0.3) is 0 Å². The van der Waals surface area contributed by atoms with E-state index in [0.29, 0.717) is 32.0 Å². The molecule has 0 unspecified atom stereocenters. The van der Waals surface area contributed by atoms with E-state index >= 15 is 0 Å². The maximum Gasteiger partial charge on any atom is 0.213 e. The lowest BCUT2D eigenvalue weighted by atomic mass is 10.1. The van der Waals surface area contributed by atoms with Gasteiger partial charge in [0.1, 0.15) is 11.3 Å². The van der Waals surface area contributed by atoms with E-state index in [9.17, 15) is 8.42 Å². The Kier molecular flexibility index (Phi) is 7.05. The number of sulfonamides is 1. The smallest absolute Gasteiger partial charge is 0.213 e. The highest BCUT2D eigenvalue weighted by Gasteiger charge is 2.14. The number of rotatable bonds is 8. The summed E-state index contributed by atoms with van der Waals surface area (Å²) in [5.74, 6) is 1.66. The highest BCUT2D eigenvalue weighted by Crippen LogP contribution is 2.24. The van der Waals surface area contributed by atoms with Crippen molar-refractivity contribution in [3.05, 3.63) is 35.6 Å². The summed E-state index contributed by atoms with van der Waals surface area (Å²) in [6, 6.07) is 7.96. The first-order chi connectivity index (χ1) is 12.4. The zero-order valence-corrected chi connectivity index (χ0v) is 16.7. The monoisotopic (exact) mass is 380 g/mol. The largest absolute Gasteiger partial charge is 0.459 e. The normalized spacial score (nSPS) is 12.7. The van der Waals surface area contributed by atoms with E-state index in [-0.39, 0.29) is 5.75 Å². The summed E-state index contributed by atoms with van der Waals surface area (Å²) in [6.45, 7) is 5.33. The van der Waals surface area contributed by atoms with Crippen LogP contribution in [0.25, 0.3) is 11.0 Å². The lowest BCUT2D eigenvalue weighted by molar-refractivity contribution is 0.461. The van der Waals surface area contributed by atoms with E-state index in [2.05, 4.69) is 15.6 Å². The summed E-state index contributed by atoms with van der Waals surface area (Å²) in [6.07, 6.45) is 0.695. The summed E-state index contributed by atoms with van der Waals surface area (Å²) in [5, 5.41) is 7.54. The summed E-state index contributed by atoms with van der Waals surface area (Å²) in [7, 11) is 0.189. The quantitative estimate of drug-likeness (QED) is 0.416. The van der Waals surface area contributed by atoms with Crippen LogP contribution in [0.2, 0.25) is 0 Å². The Morgan fingerprint density at radius 3 is 2.65 bits per heavy atom. The molecule has 0 saturated carbocycles. The molecular formula is C18H28N4O3S. The maximum atomic E-state index is 11.7. The predicted octanol–water partition coefficient (Wildman–Crippen LogP) is 2.08. The fourth-order valence-corrected chi connectivity index (χ4v) is 3.49. The third-order valence-electron chi connectivity index (χ3n) is 4.36. The van der Waals surface area contributed by atoms with E-state index in [0.717, 1.165) is 22.3 Å². The number of fused-ring (bicyclic) bond motifs is 1. The number of hydrogen-bond donors (Lipinski definition) is 2. The molecular weight excluding hydrogens is 352 g/mol. The Labute approximate surface area is 155 Å². The Balaban J connectivity index is 1.82. The van der Waals surface area contributed by atoms with Crippen LogP contribution in [0.4, 0.5) is 0 Å². The van der Waals surface area contributed by atoms with E-state index in [1.165, 1.54) is 4.31 Å². The molecule has 8 heteroatoms. The molecule has 2 N–H and O–H groups in total. The number of nitrogens with zero attached hydrogens (tertiary/aromatic N) is 2. The van der Waals surface area contributed by atoms with Crippen LogP contribution >= 0.6 is 0 Å². The average Bonchev–Trinajstić information content (AvgIpc) is 2.97. The molecule has 0 aliphatic heterocycles. The predicted molar refractivity (Wildman–Crippen MR) is 106 cm³/mol. The molecule has 1 aromatic heterocycles. The van der Waals surface area contributed by atoms with Gasteiger partial charge in [-0.15, -0.1) is 0 Å². The van der Waals surface area contributed by atoms with Crippen LogP contribution in [0.3, 0.4) is 0 Å². The highest BCUT2D eigenvalue weighted by molar-refractivity contribution is 7.89. The second kappa shape index (κ2) is 9.05. The van der Waals surface area contributed by atoms with Crippen LogP contribution in [0, 0.1) is 6.92 Å². The third-order valence-corrected chi connectivity index (χ3v) is 6.23. The number of para-hydroxylation sites is 1. The molecule has 2 aromatic rings. The topological polar surface area (TPSA) is 86.9 Å². The first kappa shape index (κ1) is 20.3. The van der Waals surface area contributed by atoms with Crippen LogP contribution in [0.15, 0.2) is 33.7 Å². The molecule has 0 amide bonds. The lowest BCUT2D eigenvalue weighted by Gasteiger charge is -2.16. The molecule has 0 saturated heterocycles. The van der Waals surface area contributed by atoms with Crippen molar-refractivity contribution >= 4 is 27.0 Å². The third kappa shape index (κ3) is 4.98. The molecule has 0 fully saturated rings. The van der Waals surface area contributed by atoms with E-state index in [1.807, 2.05) is 31.2 Å². The molecule has 1 heterocycles. The van der Waals surface area contributed by atoms with Gasteiger partial charge in [-0.25, -0.2) is 12.7 Å². The SMILES string of the molecule is CCS(=O)(=O)N(C)CCCNC(=NC)NCc1oc2ccccc2c1C. The van der Waals surface area contributed by atoms with Crippen molar-refractivity contribution in [3.63, 3.8) is 0 Å². The Bertz CT molecular complexity index is 858. The van der Waals surface area contributed by atoms with Crippen LogP contribution in [-0.4, -0.2) is 51.6 Å². The van der Waals surface area contributed by atoms with Crippen molar-refractivity contribution in [2.45, 2.75) is 26.8 Å². The summed E-state index contributed by atoms with van der Waals surface area (Å²) in [4.78, 5) is 4.19. The minimum atomic E-state index is -3.12. The van der Waals surface area contributed by atoms with Gasteiger partial charge in [0.2, 0.25) is 10.0 Å². The summed E-state index contributed by atoms with van der Waals surface area (Å²) in [5.41, 5.74) is 2.00. The summed E-state index contributed by atoms with van der Waals surface area (Å²) < 4.78 is 30.7. The Morgan fingerprint density at radius 2 is 2.00 bits per heavy atom. The van der Waals surface area contributed by atoms with Gasteiger partial charge in [-0.3, -0.25) is 4.99 Å². The Hall–Kier alpha value is -2.06. The van der Waals surface area contributed by atoms with Crippen LogP contribution in [-0.2, 0) is 16.6 Å². The number of benzene rings is 1. The van der Waals surface area contributed by atoms with Gasteiger partial charge in [0, 0.05) is 38.1 Å². The number of guanidine groups is 1. The number of nitrogens with one attached hydrogen (secondary N) is 2. The van der Waals surface area contributed by atoms with Gasteiger partial charge in [-0.05, 0) is 26.3 Å². The second-order valence-corrected chi connectivity index (χ2v) is 8.44. The van der Waals surface area contributed by atoms with Gasteiger partial charge >= 0.3 is 0 Å². The van der Waals surface area contributed by atoms with Gasteiger partial charge in [0.05, 0.1) is 12.3 Å². The zero-order valence-electron chi connectivity index (χ0n) is 15.9. The molecule has 26 heavy (non-hydrogen) atoms. The molecule has 0 aliphatic rings. The highest BCUT2D eigenvalue weighted by atomic mass is 32.2. The van der Waals surface area contributed by atoms with Crippen molar-refractivity contribution in [3.8, 4) is 0 Å². The minimum absolute atomic E-state index is 0.122. The molecule has 0 spiro atoms. The molecule has 0 aliphatic carbocycles. The molecule has 0 radical (unpaired) electrons. The van der Waals surface area contributed by atoms with E-state index < -0.39 is 10.0 Å². The average molecular weight is 381 g/mol. The minimum Gasteiger partial charge on any atom is -0.459 e. The van der Waals surface area contributed by atoms with Crippen LogP contribution in [0.1, 0.15) is 24.7 Å². The van der Waals surface area contributed by atoms with Crippen molar-refractivity contribution in [2.75, 3.05) is 32.9 Å². The standard InChI is InChI=1S/C18H28N4O3S/c1-5-26(23,24)22(4)12-8-11-20-18(19-3)21-13-17-14(2)15-9-6-7-10-16(15)25-17/h6-7,9-10H,5,8,11-13H2,1-4H3,(H2,19,20,21). The molecule has 0 atom stereocenters. The van der Waals surface area contributed by atoms with Gasteiger partial charge in [-0.1, -0.05) is 18.2 Å². The number of aryl methyl sites for hydroxylation is 1. The van der Waals surface area contributed by atoms with Crippen molar-refractivity contribution < 1.29 is 12.8 Å². The van der Waals surface area contributed by atoms with Crippen molar-refractivity contribution in [1.82, 2.24) is 14.9 Å². The first-order valence-electron chi connectivity index (χ1n) is 8.74. The van der Waals surface area contributed by atoms with Crippen LogP contribution in [0.5, 0.6) is 0 Å². The van der Waals surface area contributed by atoms with Gasteiger partial charge in [-0.2, -0.15) is 0 Å². The van der Waals surface area contributed by atoms with Crippen molar-refractivity contribution in [2.24, 2.45) is 4.99 Å². The lowest BCUT2D eigenvalue weighted by Crippen LogP contribution is -2.38. The molecule has 144 valence electrons. The maximum absolute atomic E-state index is 11.7. The number of furan rings is 1. The first-order valence-corrected chi connectivity index (χ1v) is 10.4. The molecule has 2 rings (SSSR count). The van der Waals surface area contributed by atoms with E-state index in [1.54, 1.807) is 21.0 Å². The second-order valence-electron chi connectivity index (χ2n) is 6.07. The molecule has 7 nitrogen and oxygen atoms in total. The molecule has 0 bridgehead atoms. The Morgan fingerprint density at radius 1 is 1.27 bits per heavy atom. The van der Waals surface area contributed by atoms with E-state index in [4.69, 9.17) is 4.42 Å². The number of aliphatic imine (C=N–C) groups is 1. The van der Waals surface area contributed by atoms with Crippen LogP contribution < -0.4 is 10.6 Å². The fraction of sp³-hybridized carbons (Fsp3) is 0.500. The van der Waals surface area contributed by atoms with Crippen molar-refractivity contribution in [1.29, 1.82) is 0 Å². The summed E-state index contributed by atoms with van der Waals surface area (Å²) >= 11 is 0. The number of hydrogen-bond acceptors (Lipinski definition) is 4. The van der Waals surface area contributed by atoms with Gasteiger partial charge < -0.3 is 15.1 Å². The van der Waals surface area contributed by atoms with Gasteiger partial charge in [0.15, 0.2) is 5.96 Å². The zero-order chi connectivity index (χ0) is 19.2.